The Labute approximate surface area is 69.1 Å². The third kappa shape index (κ3) is 1.57. The molecule has 0 aromatic heterocycles. The molecule has 1 atom stereocenters. The number of thiol groups is 1. The zero-order valence-corrected chi connectivity index (χ0v) is 7.91. The average Bonchev–Trinajstić information content (AvgIpc) is 1.81. The van der Waals surface area contributed by atoms with Gasteiger partial charge < -0.3 is 0 Å². The van der Waals surface area contributed by atoms with Gasteiger partial charge in [-0.3, -0.25) is 0 Å². The van der Waals surface area contributed by atoms with Crippen molar-refractivity contribution in [1.29, 1.82) is 0 Å². The van der Waals surface area contributed by atoms with Crippen molar-refractivity contribution in [2.24, 2.45) is 11.3 Å². The van der Waals surface area contributed by atoms with Crippen LogP contribution in [0.15, 0.2) is 11.0 Å². The molecular formula is C9H16S. The van der Waals surface area contributed by atoms with Crippen molar-refractivity contribution in [2.45, 2.75) is 33.6 Å². The van der Waals surface area contributed by atoms with Gasteiger partial charge in [0.25, 0.3) is 0 Å². The predicted molar refractivity (Wildman–Crippen MR) is 49.2 cm³/mol. The van der Waals surface area contributed by atoms with Gasteiger partial charge in [-0.2, -0.15) is 0 Å². The van der Waals surface area contributed by atoms with Crippen molar-refractivity contribution in [3.8, 4) is 0 Å². The molecule has 10 heavy (non-hydrogen) atoms. The van der Waals surface area contributed by atoms with E-state index >= 15 is 0 Å². The van der Waals surface area contributed by atoms with E-state index in [2.05, 4.69) is 39.5 Å². The molecule has 0 spiro atoms. The number of allylic oxidation sites excluding steroid dienone is 2. The van der Waals surface area contributed by atoms with Gasteiger partial charge in [-0.15, -0.1) is 12.6 Å². The van der Waals surface area contributed by atoms with Gasteiger partial charge in [0.1, 0.15) is 0 Å². The Bertz CT molecular complexity index is 156. The van der Waals surface area contributed by atoms with Crippen LogP contribution in [-0.2, 0) is 0 Å². The molecule has 0 bridgehead atoms. The molecule has 0 saturated heterocycles. The van der Waals surface area contributed by atoms with E-state index in [0.29, 0.717) is 11.3 Å². The Hall–Kier alpha value is 0.0900. The van der Waals surface area contributed by atoms with E-state index in [1.54, 1.807) is 0 Å². The lowest BCUT2D eigenvalue weighted by Crippen LogP contribution is -2.23. The molecule has 1 rings (SSSR count). The SMILES string of the molecule is CC1C=C(S)CCC1(C)C. The highest BCUT2D eigenvalue weighted by atomic mass is 32.1. The molecule has 1 unspecified atom stereocenters. The molecule has 1 aliphatic rings. The standard InChI is InChI=1S/C9H16S/c1-7-6-8(10)4-5-9(7,2)3/h6-7,10H,4-5H2,1-3H3. The Morgan fingerprint density at radius 2 is 2.20 bits per heavy atom. The molecule has 0 nitrogen and oxygen atoms in total. The van der Waals surface area contributed by atoms with Crippen molar-refractivity contribution >= 4 is 12.6 Å². The van der Waals surface area contributed by atoms with Crippen LogP contribution >= 0.6 is 12.6 Å². The number of hydrogen-bond donors (Lipinski definition) is 1. The van der Waals surface area contributed by atoms with Gasteiger partial charge in [0, 0.05) is 0 Å². The first-order valence-corrected chi connectivity index (χ1v) is 4.37. The minimum atomic E-state index is 0.492. The van der Waals surface area contributed by atoms with E-state index in [1.165, 1.54) is 17.7 Å². The van der Waals surface area contributed by atoms with Crippen LogP contribution in [0.1, 0.15) is 33.6 Å². The zero-order valence-electron chi connectivity index (χ0n) is 7.02. The first kappa shape index (κ1) is 8.19. The molecule has 0 aromatic rings. The van der Waals surface area contributed by atoms with Crippen molar-refractivity contribution < 1.29 is 0 Å². The van der Waals surface area contributed by atoms with Gasteiger partial charge in [0.15, 0.2) is 0 Å². The van der Waals surface area contributed by atoms with Crippen molar-refractivity contribution in [3.05, 3.63) is 11.0 Å². The lowest BCUT2D eigenvalue weighted by Gasteiger charge is -2.33. The molecule has 0 aliphatic heterocycles. The van der Waals surface area contributed by atoms with Crippen molar-refractivity contribution in [2.75, 3.05) is 0 Å². The molecule has 1 heteroatoms. The molecule has 0 fully saturated rings. The summed E-state index contributed by atoms with van der Waals surface area (Å²) in [5.74, 6) is 0.689. The first-order chi connectivity index (χ1) is 4.52. The highest BCUT2D eigenvalue weighted by Gasteiger charge is 2.27. The third-order valence-electron chi connectivity index (χ3n) is 2.70. The molecule has 0 N–H and O–H groups in total. The lowest BCUT2D eigenvalue weighted by molar-refractivity contribution is 0.243. The summed E-state index contributed by atoms with van der Waals surface area (Å²) >= 11 is 4.36. The van der Waals surface area contributed by atoms with Gasteiger partial charge in [0.2, 0.25) is 0 Å². The quantitative estimate of drug-likeness (QED) is 0.511. The highest BCUT2D eigenvalue weighted by Crippen LogP contribution is 2.39. The Kier molecular flexibility index (Phi) is 2.14. The minimum Gasteiger partial charge on any atom is -0.148 e. The van der Waals surface area contributed by atoms with E-state index in [4.69, 9.17) is 0 Å². The van der Waals surface area contributed by atoms with Crippen LogP contribution in [0.3, 0.4) is 0 Å². The van der Waals surface area contributed by atoms with Gasteiger partial charge in [0.05, 0.1) is 0 Å². The van der Waals surface area contributed by atoms with E-state index < -0.39 is 0 Å². The van der Waals surface area contributed by atoms with E-state index in [0.717, 1.165) is 0 Å². The highest BCUT2D eigenvalue weighted by molar-refractivity contribution is 7.84. The van der Waals surface area contributed by atoms with Crippen molar-refractivity contribution in [1.82, 2.24) is 0 Å². The molecule has 0 radical (unpaired) electrons. The maximum atomic E-state index is 4.36. The van der Waals surface area contributed by atoms with Gasteiger partial charge in [-0.1, -0.05) is 26.8 Å². The monoisotopic (exact) mass is 156 g/mol. The van der Waals surface area contributed by atoms with Crippen LogP contribution < -0.4 is 0 Å². The smallest absolute Gasteiger partial charge is 0.0200 e. The Morgan fingerprint density at radius 3 is 2.60 bits per heavy atom. The minimum absolute atomic E-state index is 0.492. The normalized spacial score (nSPS) is 31.6. The summed E-state index contributed by atoms with van der Waals surface area (Å²) in [6, 6.07) is 0. The zero-order chi connectivity index (χ0) is 7.78. The van der Waals surface area contributed by atoms with Crippen LogP contribution in [-0.4, -0.2) is 0 Å². The fourth-order valence-corrected chi connectivity index (χ4v) is 1.61. The summed E-state index contributed by atoms with van der Waals surface area (Å²) in [6.07, 6.45) is 4.73. The second-order valence-corrected chi connectivity index (χ2v) is 4.51. The topological polar surface area (TPSA) is 0 Å². The maximum Gasteiger partial charge on any atom is -0.0200 e. The Balaban J connectivity index is 2.74. The van der Waals surface area contributed by atoms with Gasteiger partial charge >= 0.3 is 0 Å². The number of hydrogen-bond acceptors (Lipinski definition) is 1. The lowest BCUT2D eigenvalue weighted by atomic mass is 9.73. The predicted octanol–water partition coefficient (Wildman–Crippen LogP) is 3.26. The largest absolute Gasteiger partial charge is 0.148 e. The maximum absolute atomic E-state index is 4.36. The summed E-state index contributed by atoms with van der Waals surface area (Å²) < 4.78 is 0. The molecule has 0 aromatic carbocycles. The van der Waals surface area contributed by atoms with Crippen LogP contribution in [0.25, 0.3) is 0 Å². The van der Waals surface area contributed by atoms with Crippen LogP contribution in [0.2, 0.25) is 0 Å². The Morgan fingerprint density at radius 1 is 1.60 bits per heavy atom. The van der Waals surface area contributed by atoms with Gasteiger partial charge in [-0.05, 0) is 29.1 Å². The van der Waals surface area contributed by atoms with Gasteiger partial charge in [-0.25, -0.2) is 0 Å². The second-order valence-electron chi connectivity index (χ2n) is 3.94. The fourth-order valence-electron chi connectivity index (χ4n) is 1.28. The van der Waals surface area contributed by atoms with E-state index in [-0.39, 0.29) is 0 Å². The molecule has 58 valence electrons. The number of rotatable bonds is 0. The summed E-state index contributed by atoms with van der Waals surface area (Å²) in [4.78, 5) is 1.27. The molecular weight excluding hydrogens is 140 g/mol. The fraction of sp³-hybridized carbons (Fsp3) is 0.778. The molecule has 0 amide bonds. The average molecular weight is 156 g/mol. The molecule has 0 saturated carbocycles. The second kappa shape index (κ2) is 2.61. The molecule has 1 aliphatic carbocycles. The summed E-state index contributed by atoms with van der Waals surface area (Å²) in [6.45, 7) is 6.93. The first-order valence-electron chi connectivity index (χ1n) is 3.92. The van der Waals surface area contributed by atoms with E-state index in [9.17, 15) is 0 Å². The van der Waals surface area contributed by atoms with Crippen molar-refractivity contribution in [3.63, 3.8) is 0 Å². The van der Waals surface area contributed by atoms with E-state index in [1.807, 2.05) is 0 Å². The third-order valence-corrected chi connectivity index (χ3v) is 3.07. The summed E-state index contributed by atoms with van der Waals surface area (Å²) in [5, 5.41) is 0. The van der Waals surface area contributed by atoms with Crippen LogP contribution in [0.4, 0.5) is 0 Å². The molecule has 0 heterocycles. The summed E-state index contributed by atoms with van der Waals surface area (Å²) in [7, 11) is 0. The van der Waals surface area contributed by atoms with Crippen LogP contribution in [0.5, 0.6) is 0 Å². The van der Waals surface area contributed by atoms with Crippen LogP contribution in [0, 0.1) is 11.3 Å². The summed E-state index contributed by atoms with van der Waals surface area (Å²) in [5.41, 5.74) is 0.492.